The number of amidine groups is 1. The van der Waals surface area contributed by atoms with Crippen LogP contribution in [0.25, 0.3) is 11.3 Å². The van der Waals surface area contributed by atoms with Crippen molar-refractivity contribution >= 4 is 29.8 Å². The lowest BCUT2D eigenvalue weighted by Crippen LogP contribution is -2.32. The summed E-state index contributed by atoms with van der Waals surface area (Å²) in [5.74, 6) is 0.447. The first-order valence-corrected chi connectivity index (χ1v) is 7.78. The molecule has 1 aliphatic heterocycles. The molecular formula is C15H15N5O2S. The number of nitrogens with two attached hydrogens (primary N) is 1. The molecule has 2 N–H and O–H groups in total. The number of fused-ring (bicyclic) bond motifs is 1. The first-order chi connectivity index (χ1) is 11.2. The largest absolute Gasteiger partial charge is 0.465 e. The van der Waals surface area contributed by atoms with Crippen LogP contribution in [0, 0.1) is 0 Å². The quantitative estimate of drug-likeness (QED) is 0.675. The van der Waals surface area contributed by atoms with Crippen molar-refractivity contribution in [1.82, 2.24) is 9.97 Å². The zero-order valence-corrected chi connectivity index (χ0v) is 13.3. The molecule has 0 saturated carbocycles. The molecule has 0 fully saturated rings. The summed E-state index contributed by atoms with van der Waals surface area (Å²) < 4.78 is 10.7. The van der Waals surface area contributed by atoms with Crippen molar-refractivity contribution in [2.45, 2.75) is 6.92 Å². The Morgan fingerprint density at radius 1 is 1.35 bits per heavy atom. The molecule has 7 nitrogen and oxygen atoms in total. The van der Waals surface area contributed by atoms with Crippen LogP contribution in [0.15, 0.2) is 40.9 Å². The molecule has 1 aromatic carbocycles. The van der Waals surface area contributed by atoms with Crippen LogP contribution in [0.5, 0.6) is 0 Å². The zero-order chi connectivity index (χ0) is 16.2. The van der Waals surface area contributed by atoms with Crippen LogP contribution in [0.2, 0.25) is 0 Å². The third-order valence-corrected chi connectivity index (χ3v) is 3.90. The summed E-state index contributed by atoms with van der Waals surface area (Å²) in [6, 6.07) is 9.68. The predicted octanol–water partition coefficient (Wildman–Crippen LogP) is 1.80. The van der Waals surface area contributed by atoms with E-state index in [1.165, 1.54) is 0 Å². The summed E-state index contributed by atoms with van der Waals surface area (Å²) in [4.78, 5) is 20.7. The number of rotatable bonds is 4. The second kappa shape index (κ2) is 6.66. The van der Waals surface area contributed by atoms with E-state index < -0.39 is 0 Å². The van der Waals surface area contributed by atoms with Crippen LogP contribution in [-0.2, 0) is 9.53 Å². The van der Waals surface area contributed by atoms with Gasteiger partial charge in [0.25, 0.3) is 0 Å². The molecule has 8 heteroatoms. The Morgan fingerprint density at radius 2 is 2.13 bits per heavy atom. The van der Waals surface area contributed by atoms with Gasteiger partial charge in [-0.3, -0.25) is 9.10 Å². The molecule has 0 unspecified atom stereocenters. The number of carbonyl (C=O) groups is 1. The highest BCUT2D eigenvalue weighted by molar-refractivity contribution is 7.99. The van der Waals surface area contributed by atoms with E-state index in [9.17, 15) is 4.79 Å². The molecule has 23 heavy (non-hydrogen) atoms. The fraction of sp³-hybridized carbons (Fsp3) is 0.200. The molecule has 118 valence electrons. The van der Waals surface area contributed by atoms with Crippen LogP contribution < -0.4 is 10.0 Å². The third kappa shape index (κ3) is 3.26. The monoisotopic (exact) mass is 329 g/mol. The smallest absolute Gasteiger partial charge is 0.326 e. The molecule has 0 saturated heterocycles. The number of hydrogen-bond acceptors (Lipinski definition) is 8. The fourth-order valence-electron chi connectivity index (χ4n) is 2.08. The minimum atomic E-state index is -0.353. The maximum Gasteiger partial charge on any atom is 0.326 e. The molecule has 3 rings (SSSR count). The number of hydrogen-bond donors (Lipinski definition) is 1. The van der Waals surface area contributed by atoms with Crippen molar-refractivity contribution in [3.63, 3.8) is 0 Å². The van der Waals surface area contributed by atoms with Crippen molar-refractivity contribution in [2.24, 2.45) is 10.1 Å². The van der Waals surface area contributed by atoms with Crippen molar-refractivity contribution < 1.29 is 9.53 Å². The van der Waals surface area contributed by atoms with Crippen LogP contribution >= 0.6 is 12.1 Å². The number of aromatic nitrogens is 2. The molecule has 2 aromatic rings. The minimum Gasteiger partial charge on any atom is -0.465 e. The molecule has 0 aliphatic carbocycles. The van der Waals surface area contributed by atoms with E-state index in [1.807, 2.05) is 30.3 Å². The Balaban J connectivity index is 1.96. The van der Waals surface area contributed by atoms with E-state index in [1.54, 1.807) is 17.4 Å². The summed E-state index contributed by atoms with van der Waals surface area (Å²) >= 11 is 1.07. The van der Waals surface area contributed by atoms with Crippen molar-refractivity contribution in [3.8, 4) is 11.3 Å². The van der Waals surface area contributed by atoms with E-state index >= 15 is 0 Å². The van der Waals surface area contributed by atoms with Gasteiger partial charge in [-0.25, -0.2) is 9.97 Å². The SMILES string of the molecule is CCOC(=O)CN1SN=C(N)c2ncc(-c3ccccc3)nc21. The lowest BCUT2D eigenvalue weighted by atomic mass is 10.1. The number of anilines is 1. The molecule has 0 spiro atoms. The zero-order valence-electron chi connectivity index (χ0n) is 12.5. The first kappa shape index (κ1) is 15.3. The minimum absolute atomic E-state index is 0.0230. The summed E-state index contributed by atoms with van der Waals surface area (Å²) in [5, 5.41) is 0. The highest BCUT2D eigenvalue weighted by atomic mass is 32.2. The summed E-state index contributed by atoms with van der Waals surface area (Å²) in [7, 11) is 0. The van der Waals surface area contributed by atoms with Gasteiger partial charge in [0, 0.05) is 5.56 Å². The van der Waals surface area contributed by atoms with Gasteiger partial charge in [0.1, 0.15) is 12.2 Å². The topological polar surface area (TPSA) is 93.7 Å². The Bertz CT molecular complexity index is 751. The Hall–Kier alpha value is -2.61. The maximum absolute atomic E-state index is 11.8. The average Bonchev–Trinajstić information content (AvgIpc) is 2.58. The van der Waals surface area contributed by atoms with Crippen LogP contribution in [0.3, 0.4) is 0 Å². The molecule has 1 aromatic heterocycles. The summed E-state index contributed by atoms with van der Waals surface area (Å²) in [6.07, 6.45) is 1.65. The van der Waals surface area contributed by atoms with Crippen molar-refractivity contribution in [2.75, 3.05) is 17.5 Å². The number of ether oxygens (including phenoxy) is 1. The Labute approximate surface area is 137 Å². The normalized spacial score (nSPS) is 13.3. The van der Waals surface area contributed by atoms with E-state index in [-0.39, 0.29) is 18.3 Å². The van der Waals surface area contributed by atoms with Gasteiger partial charge in [0.05, 0.1) is 30.6 Å². The standard InChI is InChI=1S/C15H15N5O2S/c1-2-22-12(21)9-20-15-13(14(16)19-23-20)17-8-11(18-15)10-6-4-3-5-7-10/h3-8H,2,9H2,1H3,(H2,16,19). The molecule has 0 radical (unpaired) electrons. The van der Waals surface area contributed by atoms with Gasteiger partial charge in [0.15, 0.2) is 11.7 Å². The number of benzene rings is 1. The van der Waals surface area contributed by atoms with Gasteiger partial charge in [0.2, 0.25) is 0 Å². The van der Waals surface area contributed by atoms with Gasteiger partial charge in [-0.2, -0.15) is 4.40 Å². The van der Waals surface area contributed by atoms with Crippen molar-refractivity contribution in [3.05, 3.63) is 42.2 Å². The van der Waals surface area contributed by atoms with Crippen LogP contribution in [0.4, 0.5) is 5.82 Å². The summed E-state index contributed by atoms with van der Waals surface area (Å²) in [5.41, 5.74) is 7.97. The molecule has 1 aliphatic rings. The number of esters is 1. The van der Waals surface area contributed by atoms with Crippen LogP contribution in [-0.4, -0.2) is 34.9 Å². The van der Waals surface area contributed by atoms with Crippen molar-refractivity contribution in [1.29, 1.82) is 0 Å². The lowest BCUT2D eigenvalue weighted by Gasteiger charge is -2.24. The molecule has 0 bridgehead atoms. The van der Waals surface area contributed by atoms with Gasteiger partial charge in [-0.15, -0.1) is 0 Å². The molecule has 2 heterocycles. The fourth-order valence-corrected chi connectivity index (χ4v) is 2.73. The van der Waals surface area contributed by atoms with Gasteiger partial charge in [-0.1, -0.05) is 30.3 Å². The average molecular weight is 329 g/mol. The van der Waals surface area contributed by atoms with E-state index in [0.717, 1.165) is 17.7 Å². The highest BCUT2D eigenvalue weighted by Crippen LogP contribution is 2.31. The lowest BCUT2D eigenvalue weighted by molar-refractivity contribution is -0.141. The summed E-state index contributed by atoms with van der Waals surface area (Å²) in [6.45, 7) is 2.11. The molecule has 0 atom stereocenters. The number of carbonyl (C=O) groups excluding carboxylic acids is 1. The maximum atomic E-state index is 11.8. The number of nitrogens with zero attached hydrogens (tertiary/aromatic N) is 4. The van der Waals surface area contributed by atoms with E-state index in [2.05, 4.69) is 14.4 Å². The molecular weight excluding hydrogens is 314 g/mol. The van der Waals surface area contributed by atoms with Gasteiger partial charge in [-0.05, 0) is 6.92 Å². The Morgan fingerprint density at radius 3 is 2.87 bits per heavy atom. The highest BCUT2D eigenvalue weighted by Gasteiger charge is 2.25. The van der Waals surface area contributed by atoms with Gasteiger partial charge < -0.3 is 10.5 Å². The van der Waals surface area contributed by atoms with E-state index in [4.69, 9.17) is 10.5 Å². The molecule has 0 amide bonds. The van der Waals surface area contributed by atoms with E-state index in [0.29, 0.717) is 23.8 Å². The second-order valence-corrected chi connectivity index (χ2v) is 5.48. The van der Waals surface area contributed by atoms with Gasteiger partial charge >= 0.3 is 5.97 Å². The first-order valence-electron chi connectivity index (χ1n) is 7.05. The third-order valence-electron chi connectivity index (χ3n) is 3.12. The van der Waals surface area contributed by atoms with Crippen LogP contribution in [0.1, 0.15) is 12.6 Å². The Kier molecular flexibility index (Phi) is 4.42. The second-order valence-electron chi connectivity index (χ2n) is 4.69. The predicted molar refractivity (Wildman–Crippen MR) is 89.8 cm³/mol.